The number of nitrogens with zero attached hydrogens (tertiary/aromatic N) is 1. The van der Waals surface area contributed by atoms with Crippen LogP contribution in [0.3, 0.4) is 0 Å². The smallest absolute Gasteiger partial charge is 0.414 e. The van der Waals surface area contributed by atoms with Crippen molar-refractivity contribution >= 4 is 63.7 Å². The zero-order valence-corrected chi connectivity index (χ0v) is 17.9. The molecular weight excluding hydrogens is 447 g/mol. The Balaban J connectivity index is 1.69. The Hall–Kier alpha value is -2.47. The van der Waals surface area contributed by atoms with Gasteiger partial charge in [0, 0.05) is 40.3 Å². The van der Waals surface area contributed by atoms with Gasteiger partial charge in [-0.05, 0) is 12.1 Å². The Morgan fingerprint density at radius 1 is 1.03 bits per heavy atom. The first-order valence-electron chi connectivity index (χ1n) is 9.22. The molecule has 0 unspecified atom stereocenters. The van der Waals surface area contributed by atoms with Gasteiger partial charge in [-0.1, -0.05) is 83.3 Å². The van der Waals surface area contributed by atoms with Crippen molar-refractivity contribution in [1.82, 2.24) is 9.88 Å². The maximum absolute atomic E-state index is 12.9. The first-order chi connectivity index (χ1) is 14.3. The Morgan fingerprint density at radius 2 is 1.73 bits per heavy atom. The van der Waals surface area contributed by atoms with Gasteiger partial charge in [0.05, 0.1) is 6.04 Å². The van der Waals surface area contributed by atoms with Crippen molar-refractivity contribution in [2.75, 3.05) is 6.61 Å². The molecule has 4 rings (SSSR count). The Labute approximate surface area is 188 Å². The molecule has 1 aliphatic rings. The molecule has 3 aromatic rings. The highest BCUT2D eigenvalue weighted by Gasteiger charge is 2.34. The van der Waals surface area contributed by atoms with E-state index in [2.05, 4.69) is 4.98 Å². The van der Waals surface area contributed by atoms with E-state index < -0.39 is 22.5 Å². The normalized spacial score (nSPS) is 15.8. The molecule has 8 heteroatoms. The molecule has 2 heterocycles. The van der Waals surface area contributed by atoms with Crippen LogP contribution in [0.4, 0.5) is 4.79 Å². The second kappa shape index (κ2) is 8.34. The van der Waals surface area contributed by atoms with Crippen molar-refractivity contribution in [2.24, 2.45) is 0 Å². The number of fused-ring (bicyclic) bond motifs is 3. The van der Waals surface area contributed by atoms with E-state index in [0.717, 1.165) is 22.2 Å². The summed E-state index contributed by atoms with van der Waals surface area (Å²) in [4.78, 5) is 30.4. The summed E-state index contributed by atoms with van der Waals surface area (Å²) in [6.45, 7) is -0.403. The van der Waals surface area contributed by atoms with Gasteiger partial charge in [0.25, 0.3) is 0 Å². The van der Waals surface area contributed by atoms with Crippen molar-refractivity contribution in [3.8, 4) is 0 Å². The number of nitrogens with one attached hydrogen (secondary N) is 1. The molecule has 0 radical (unpaired) electrons. The van der Waals surface area contributed by atoms with Gasteiger partial charge in [-0.25, -0.2) is 4.79 Å². The number of carbonyl (C=O) groups is 2. The van der Waals surface area contributed by atoms with Gasteiger partial charge in [0.15, 0.2) is 5.78 Å². The van der Waals surface area contributed by atoms with Crippen LogP contribution in [0.5, 0.6) is 0 Å². The average Bonchev–Trinajstić information content (AvgIpc) is 3.11. The summed E-state index contributed by atoms with van der Waals surface area (Å²) in [6, 6.07) is 16.2. The standard InChI is InChI=1S/C22H17Cl3N2O3/c23-22(24,25)13-30-21(29)27-11-10-16-15-8-4-5-9-17(15)26-20(16)18(27)12-19(28)14-6-2-1-3-7-14/h1-11,18,26H,12-13H2/t18-/m0/s1. The number of aromatic nitrogens is 1. The molecule has 154 valence electrons. The maximum atomic E-state index is 12.9. The number of H-pyrrole nitrogens is 1. The third kappa shape index (κ3) is 4.33. The van der Waals surface area contributed by atoms with Gasteiger partial charge in [-0.3, -0.25) is 9.69 Å². The van der Waals surface area contributed by atoms with Crippen LogP contribution in [-0.2, 0) is 4.74 Å². The lowest BCUT2D eigenvalue weighted by atomic mass is 9.95. The molecule has 1 aromatic heterocycles. The van der Waals surface area contributed by atoms with Crippen LogP contribution < -0.4 is 0 Å². The number of halogens is 3. The molecule has 0 saturated heterocycles. The Morgan fingerprint density at radius 3 is 2.47 bits per heavy atom. The SMILES string of the molecule is O=C(C[C@H]1c2[nH]c3ccccc3c2C=CN1C(=O)OCC(Cl)(Cl)Cl)c1ccccc1. The summed E-state index contributed by atoms with van der Waals surface area (Å²) in [5.74, 6) is -0.0975. The third-order valence-electron chi connectivity index (χ3n) is 4.89. The fourth-order valence-corrected chi connectivity index (χ4v) is 3.71. The molecule has 0 saturated carbocycles. The molecule has 5 nitrogen and oxygen atoms in total. The largest absolute Gasteiger partial charge is 0.445 e. The van der Waals surface area contributed by atoms with Gasteiger partial charge in [0.2, 0.25) is 3.79 Å². The molecule has 30 heavy (non-hydrogen) atoms. The van der Waals surface area contributed by atoms with Crippen LogP contribution in [0.1, 0.15) is 34.1 Å². The molecule has 2 aromatic carbocycles. The van der Waals surface area contributed by atoms with Crippen LogP contribution >= 0.6 is 34.8 Å². The number of hydrogen-bond donors (Lipinski definition) is 1. The average molecular weight is 464 g/mol. The minimum atomic E-state index is -1.73. The molecule has 1 aliphatic heterocycles. The number of para-hydroxylation sites is 1. The predicted octanol–water partition coefficient (Wildman–Crippen LogP) is 6.28. The van der Waals surface area contributed by atoms with Gasteiger partial charge in [-0.15, -0.1) is 0 Å². The third-order valence-corrected chi connectivity index (χ3v) is 5.22. The fourth-order valence-electron chi connectivity index (χ4n) is 3.55. The van der Waals surface area contributed by atoms with Crippen LogP contribution in [0.25, 0.3) is 17.0 Å². The molecule has 1 amide bonds. The lowest BCUT2D eigenvalue weighted by molar-refractivity contribution is 0.0882. The summed E-state index contributed by atoms with van der Waals surface area (Å²) in [5.41, 5.74) is 3.18. The number of alkyl halides is 3. The number of rotatable bonds is 4. The molecular formula is C22H17Cl3N2O3. The molecule has 0 spiro atoms. The van der Waals surface area contributed by atoms with Crippen molar-refractivity contribution in [2.45, 2.75) is 16.3 Å². The van der Waals surface area contributed by atoms with E-state index in [9.17, 15) is 9.59 Å². The van der Waals surface area contributed by atoms with Crippen LogP contribution in [-0.4, -0.2) is 32.2 Å². The maximum Gasteiger partial charge on any atom is 0.414 e. The van der Waals surface area contributed by atoms with E-state index >= 15 is 0 Å². The van der Waals surface area contributed by atoms with Crippen LogP contribution in [0.2, 0.25) is 0 Å². The molecule has 1 N–H and O–H groups in total. The zero-order chi connectivity index (χ0) is 21.3. The minimum absolute atomic E-state index is 0.0665. The van der Waals surface area contributed by atoms with E-state index in [4.69, 9.17) is 39.5 Å². The summed E-state index contributed by atoms with van der Waals surface area (Å²) < 4.78 is 3.44. The van der Waals surface area contributed by atoms with E-state index in [1.165, 1.54) is 4.90 Å². The quantitative estimate of drug-likeness (QED) is 0.366. The molecule has 0 fully saturated rings. The number of benzene rings is 2. The first-order valence-corrected chi connectivity index (χ1v) is 10.4. The minimum Gasteiger partial charge on any atom is -0.445 e. The van der Waals surface area contributed by atoms with E-state index in [-0.39, 0.29) is 12.2 Å². The monoisotopic (exact) mass is 462 g/mol. The van der Waals surface area contributed by atoms with Crippen LogP contribution in [0.15, 0.2) is 60.8 Å². The summed E-state index contributed by atoms with van der Waals surface area (Å²) in [7, 11) is 0. The number of Topliss-reactive ketones (excluding diaryl/α,β-unsaturated/α-hetero) is 1. The van der Waals surface area contributed by atoms with Crippen molar-refractivity contribution in [3.05, 3.63) is 77.6 Å². The fraction of sp³-hybridized carbons (Fsp3) is 0.182. The zero-order valence-electron chi connectivity index (χ0n) is 15.6. The van der Waals surface area contributed by atoms with Crippen molar-refractivity contribution < 1.29 is 14.3 Å². The molecule has 0 aliphatic carbocycles. The second-order valence-electron chi connectivity index (χ2n) is 6.90. The summed E-state index contributed by atoms with van der Waals surface area (Å²) in [6.07, 6.45) is 2.78. The van der Waals surface area contributed by atoms with Gasteiger partial charge < -0.3 is 9.72 Å². The Bertz CT molecular complexity index is 1120. The van der Waals surface area contributed by atoms with Gasteiger partial charge in [0.1, 0.15) is 6.61 Å². The number of ketones is 1. The van der Waals surface area contributed by atoms with Gasteiger partial charge >= 0.3 is 6.09 Å². The number of carbonyl (C=O) groups excluding carboxylic acids is 2. The summed E-state index contributed by atoms with van der Waals surface area (Å²) >= 11 is 17.1. The van der Waals surface area contributed by atoms with E-state index in [1.54, 1.807) is 30.5 Å². The highest BCUT2D eigenvalue weighted by atomic mass is 35.6. The van der Waals surface area contributed by atoms with Gasteiger partial charge in [-0.2, -0.15) is 0 Å². The number of ether oxygens (including phenoxy) is 1. The highest BCUT2D eigenvalue weighted by Crippen LogP contribution is 2.38. The Kier molecular flexibility index (Phi) is 5.78. The predicted molar refractivity (Wildman–Crippen MR) is 119 cm³/mol. The van der Waals surface area contributed by atoms with E-state index in [1.807, 2.05) is 36.4 Å². The molecule has 0 bridgehead atoms. The van der Waals surface area contributed by atoms with E-state index in [0.29, 0.717) is 5.56 Å². The number of amides is 1. The van der Waals surface area contributed by atoms with Crippen LogP contribution in [0, 0.1) is 0 Å². The lowest BCUT2D eigenvalue weighted by Gasteiger charge is -2.31. The highest BCUT2D eigenvalue weighted by molar-refractivity contribution is 6.67. The topological polar surface area (TPSA) is 62.4 Å². The number of aromatic amines is 1. The second-order valence-corrected chi connectivity index (χ2v) is 9.42. The van der Waals surface area contributed by atoms with Crippen molar-refractivity contribution in [1.29, 1.82) is 0 Å². The molecule has 1 atom stereocenters. The lowest BCUT2D eigenvalue weighted by Crippen LogP contribution is -2.35. The van der Waals surface area contributed by atoms with Crippen molar-refractivity contribution in [3.63, 3.8) is 0 Å². The summed E-state index contributed by atoms with van der Waals surface area (Å²) in [5, 5.41) is 1.01. The number of hydrogen-bond acceptors (Lipinski definition) is 3. The first kappa shape index (κ1) is 20.8.